The van der Waals surface area contributed by atoms with Gasteiger partial charge in [-0.3, -0.25) is 9.78 Å². The summed E-state index contributed by atoms with van der Waals surface area (Å²) < 4.78 is 5.64. The molecular weight excluding hydrogens is 359 g/mol. The molecule has 0 aliphatic rings. The second kappa shape index (κ2) is 7.30. The highest BCUT2D eigenvalue weighted by atomic mass is 35.5. The second-order valence-electron chi connectivity index (χ2n) is 5.72. The maximum absolute atomic E-state index is 12.2. The van der Waals surface area contributed by atoms with Crippen molar-refractivity contribution in [3.63, 3.8) is 0 Å². The lowest BCUT2D eigenvalue weighted by molar-refractivity contribution is -0.118. The van der Waals surface area contributed by atoms with E-state index in [9.17, 15) is 4.79 Å². The molecule has 6 heteroatoms. The Balaban J connectivity index is 1.75. The van der Waals surface area contributed by atoms with Gasteiger partial charge in [-0.15, -0.1) is 0 Å². The Labute approximate surface area is 155 Å². The van der Waals surface area contributed by atoms with Crippen LogP contribution in [-0.2, 0) is 4.79 Å². The van der Waals surface area contributed by atoms with Crippen LogP contribution in [0.15, 0.2) is 42.6 Å². The summed E-state index contributed by atoms with van der Waals surface area (Å²) in [5.41, 5.74) is 3.15. The summed E-state index contributed by atoms with van der Waals surface area (Å²) in [6, 6.07) is 10.8. The molecule has 128 valence electrons. The van der Waals surface area contributed by atoms with Crippen molar-refractivity contribution in [3.8, 4) is 5.75 Å². The summed E-state index contributed by atoms with van der Waals surface area (Å²) in [7, 11) is 0. The molecule has 0 fully saturated rings. The van der Waals surface area contributed by atoms with Crippen LogP contribution in [0.25, 0.3) is 10.9 Å². The number of benzene rings is 2. The summed E-state index contributed by atoms with van der Waals surface area (Å²) >= 11 is 12.4. The van der Waals surface area contributed by atoms with Crippen molar-refractivity contribution in [1.29, 1.82) is 0 Å². The Kier molecular flexibility index (Phi) is 5.11. The molecule has 1 amide bonds. The van der Waals surface area contributed by atoms with E-state index in [0.717, 1.165) is 16.5 Å². The van der Waals surface area contributed by atoms with E-state index in [2.05, 4.69) is 10.3 Å². The van der Waals surface area contributed by atoms with Crippen LogP contribution in [0.4, 0.5) is 5.69 Å². The molecule has 3 aromatic rings. The predicted molar refractivity (Wildman–Crippen MR) is 102 cm³/mol. The van der Waals surface area contributed by atoms with Crippen LogP contribution in [0.1, 0.15) is 11.1 Å². The van der Waals surface area contributed by atoms with Crippen molar-refractivity contribution < 1.29 is 9.53 Å². The number of aryl methyl sites for hydroxylation is 2. The molecule has 1 heterocycles. The predicted octanol–water partition coefficient (Wildman–Crippen LogP) is 5.18. The number of rotatable bonds is 4. The van der Waals surface area contributed by atoms with Crippen LogP contribution in [0.3, 0.4) is 0 Å². The number of hydrogen-bond acceptors (Lipinski definition) is 3. The number of carbonyl (C=O) groups excluding carboxylic acids is 1. The number of hydrogen-bond donors (Lipinski definition) is 1. The molecule has 0 aliphatic carbocycles. The van der Waals surface area contributed by atoms with Gasteiger partial charge in [0.15, 0.2) is 6.61 Å². The standard InChI is InChI=1S/C19H16Cl2N2O2/c1-11-8-12(2)18(15(21)9-11)23-17(24)10-25-16-6-5-14(20)13-4-3-7-22-19(13)16/h3-9H,10H2,1-2H3,(H,23,24). The largest absolute Gasteiger partial charge is 0.481 e. The first-order chi connectivity index (χ1) is 12.0. The molecule has 1 aromatic heterocycles. The number of carbonyl (C=O) groups is 1. The lowest BCUT2D eigenvalue weighted by atomic mass is 10.1. The SMILES string of the molecule is Cc1cc(C)c(NC(=O)COc2ccc(Cl)c3cccnc23)c(Cl)c1. The van der Waals surface area contributed by atoms with Gasteiger partial charge in [0.2, 0.25) is 0 Å². The minimum absolute atomic E-state index is 0.156. The highest BCUT2D eigenvalue weighted by Crippen LogP contribution is 2.30. The van der Waals surface area contributed by atoms with E-state index in [1.807, 2.05) is 32.0 Å². The van der Waals surface area contributed by atoms with Crippen molar-refractivity contribution in [2.75, 3.05) is 11.9 Å². The van der Waals surface area contributed by atoms with Crippen LogP contribution in [0, 0.1) is 13.8 Å². The summed E-state index contributed by atoms with van der Waals surface area (Å²) in [4.78, 5) is 16.5. The number of nitrogens with zero attached hydrogens (tertiary/aromatic N) is 1. The van der Waals surface area contributed by atoms with Gasteiger partial charge >= 0.3 is 0 Å². The molecule has 1 N–H and O–H groups in total. The Morgan fingerprint density at radius 3 is 2.72 bits per heavy atom. The number of fused-ring (bicyclic) bond motifs is 1. The smallest absolute Gasteiger partial charge is 0.262 e. The van der Waals surface area contributed by atoms with Gasteiger partial charge in [-0.05, 0) is 55.3 Å². The van der Waals surface area contributed by atoms with Crippen molar-refractivity contribution in [1.82, 2.24) is 4.98 Å². The Hall–Kier alpha value is -2.30. The zero-order valence-electron chi connectivity index (χ0n) is 13.8. The summed E-state index contributed by atoms with van der Waals surface area (Å²) in [6.07, 6.45) is 1.65. The number of ether oxygens (including phenoxy) is 1. The average Bonchev–Trinajstić information content (AvgIpc) is 2.58. The van der Waals surface area contributed by atoms with Crippen molar-refractivity contribution >= 4 is 45.7 Å². The first-order valence-electron chi connectivity index (χ1n) is 7.68. The molecule has 0 saturated carbocycles. The Morgan fingerprint density at radius 1 is 1.16 bits per heavy atom. The van der Waals surface area contributed by atoms with E-state index in [4.69, 9.17) is 27.9 Å². The zero-order valence-corrected chi connectivity index (χ0v) is 15.3. The number of halogens is 2. The van der Waals surface area contributed by atoms with Gasteiger partial charge in [-0.2, -0.15) is 0 Å². The average molecular weight is 375 g/mol. The first kappa shape index (κ1) is 17.5. The van der Waals surface area contributed by atoms with E-state index >= 15 is 0 Å². The number of aromatic nitrogens is 1. The first-order valence-corrected chi connectivity index (χ1v) is 8.44. The van der Waals surface area contributed by atoms with Gasteiger partial charge < -0.3 is 10.1 Å². The minimum atomic E-state index is -0.298. The molecule has 0 radical (unpaired) electrons. The molecule has 2 aromatic carbocycles. The quantitative estimate of drug-likeness (QED) is 0.684. The van der Waals surface area contributed by atoms with Crippen LogP contribution >= 0.6 is 23.2 Å². The van der Waals surface area contributed by atoms with Gasteiger partial charge in [0.05, 0.1) is 15.7 Å². The third-order valence-electron chi connectivity index (χ3n) is 3.73. The summed E-state index contributed by atoms with van der Waals surface area (Å²) in [5, 5.41) is 4.66. The van der Waals surface area contributed by atoms with E-state index in [-0.39, 0.29) is 12.5 Å². The van der Waals surface area contributed by atoms with Gasteiger partial charge in [0, 0.05) is 11.6 Å². The third kappa shape index (κ3) is 3.86. The molecule has 0 atom stereocenters. The molecule has 0 saturated heterocycles. The van der Waals surface area contributed by atoms with Crippen LogP contribution in [-0.4, -0.2) is 17.5 Å². The fraction of sp³-hybridized carbons (Fsp3) is 0.158. The second-order valence-corrected chi connectivity index (χ2v) is 6.53. The molecule has 0 aliphatic heterocycles. The Bertz CT molecular complexity index is 934. The number of amides is 1. The molecular formula is C19H16Cl2N2O2. The monoisotopic (exact) mass is 374 g/mol. The van der Waals surface area contributed by atoms with E-state index in [1.165, 1.54) is 0 Å². The molecule has 0 bridgehead atoms. The molecule has 0 spiro atoms. The maximum Gasteiger partial charge on any atom is 0.262 e. The van der Waals surface area contributed by atoms with Gasteiger partial charge in [0.25, 0.3) is 5.91 Å². The Morgan fingerprint density at radius 2 is 1.96 bits per heavy atom. The van der Waals surface area contributed by atoms with Crippen molar-refractivity contribution in [2.45, 2.75) is 13.8 Å². The zero-order chi connectivity index (χ0) is 18.0. The van der Waals surface area contributed by atoms with E-state index in [1.54, 1.807) is 24.4 Å². The number of pyridine rings is 1. The highest BCUT2D eigenvalue weighted by molar-refractivity contribution is 6.35. The van der Waals surface area contributed by atoms with Crippen molar-refractivity contribution in [2.24, 2.45) is 0 Å². The van der Waals surface area contributed by atoms with Crippen LogP contribution < -0.4 is 10.1 Å². The van der Waals surface area contributed by atoms with E-state index < -0.39 is 0 Å². The summed E-state index contributed by atoms with van der Waals surface area (Å²) in [6.45, 7) is 3.69. The molecule has 4 nitrogen and oxygen atoms in total. The molecule has 0 unspecified atom stereocenters. The topological polar surface area (TPSA) is 51.2 Å². The molecule has 3 rings (SSSR count). The lowest BCUT2D eigenvalue weighted by Crippen LogP contribution is -2.21. The van der Waals surface area contributed by atoms with Crippen LogP contribution in [0.2, 0.25) is 10.0 Å². The fourth-order valence-corrected chi connectivity index (χ4v) is 3.21. The van der Waals surface area contributed by atoms with Crippen molar-refractivity contribution in [3.05, 3.63) is 63.8 Å². The summed E-state index contributed by atoms with van der Waals surface area (Å²) in [5.74, 6) is 0.203. The molecule has 25 heavy (non-hydrogen) atoms. The van der Waals surface area contributed by atoms with E-state index in [0.29, 0.717) is 27.0 Å². The normalized spacial score (nSPS) is 10.7. The minimum Gasteiger partial charge on any atom is -0.481 e. The van der Waals surface area contributed by atoms with Crippen LogP contribution in [0.5, 0.6) is 5.75 Å². The highest BCUT2D eigenvalue weighted by Gasteiger charge is 2.12. The van der Waals surface area contributed by atoms with Gasteiger partial charge in [-0.1, -0.05) is 29.3 Å². The lowest BCUT2D eigenvalue weighted by Gasteiger charge is -2.13. The van der Waals surface area contributed by atoms with Gasteiger partial charge in [0.1, 0.15) is 11.3 Å². The third-order valence-corrected chi connectivity index (χ3v) is 4.36. The fourth-order valence-electron chi connectivity index (χ4n) is 2.62. The maximum atomic E-state index is 12.2. The number of nitrogens with one attached hydrogen (secondary N) is 1. The van der Waals surface area contributed by atoms with Gasteiger partial charge in [-0.25, -0.2) is 0 Å². The number of anilines is 1.